The third-order valence-corrected chi connectivity index (χ3v) is 2.94. The largest absolute Gasteiger partial charge is 0.382 e. The van der Waals surface area contributed by atoms with Crippen molar-refractivity contribution in [2.45, 2.75) is 19.3 Å². The predicted molar refractivity (Wildman–Crippen MR) is 60.2 cm³/mol. The van der Waals surface area contributed by atoms with Crippen molar-refractivity contribution < 1.29 is 0 Å². The van der Waals surface area contributed by atoms with Gasteiger partial charge in [0.05, 0.1) is 10.4 Å². The molecular weight excluding hydrogens is 194 g/mol. The van der Waals surface area contributed by atoms with Crippen LogP contribution in [0, 0.1) is 6.92 Å². The zero-order valence-electron chi connectivity index (χ0n) is 8.24. The summed E-state index contributed by atoms with van der Waals surface area (Å²) in [5, 5.41) is 0.983. The van der Waals surface area contributed by atoms with Gasteiger partial charge in [0, 0.05) is 17.0 Å². The molecule has 2 N–H and O–H groups in total. The van der Waals surface area contributed by atoms with Crippen molar-refractivity contribution in [3.8, 4) is 0 Å². The number of anilines is 1. The molecule has 0 saturated carbocycles. The van der Waals surface area contributed by atoms with Crippen molar-refractivity contribution in [2.24, 2.45) is 0 Å². The Bertz CT molecular complexity index is 468. The summed E-state index contributed by atoms with van der Waals surface area (Å²) < 4.78 is 5.17. The van der Waals surface area contributed by atoms with E-state index in [9.17, 15) is 0 Å². The van der Waals surface area contributed by atoms with E-state index in [1.54, 1.807) is 6.20 Å². The Labute approximate surface area is 87.1 Å². The molecule has 0 unspecified atom stereocenters. The number of rotatable bonds is 1. The van der Waals surface area contributed by atoms with E-state index in [-0.39, 0.29) is 5.41 Å². The van der Waals surface area contributed by atoms with Crippen molar-refractivity contribution >= 4 is 27.4 Å². The minimum atomic E-state index is -0.210. The molecular formula is C10H12N3S. The number of fused-ring (bicyclic) bond motifs is 1. The first-order chi connectivity index (χ1) is 6.50. The van der Waals surface area contributed by atoms with E-state index < -0.39 is 0 Å². The smallest absolute Gasteiger partial charge is 0.145 e. The van der Waals surface area contributed by atoms with Crippen LogP contribution < -0.4 is 5.73 Å². The maximum absolute atomic E-state index is 5.74. The van der Waals surface area contributed by atoms with Gasteiger partial charge in [0.25, 0.3) is 0 Å². The maximum Gasteiger partial charge on any atom is 0.145 e. The van der Waals surface area contributed by atoms with E-state index in [4.69, 9.17) is 5.73 Å². The second kappa shape index (κ2) is 2.92. The average molecular weight is 206 g/mol. The highest BCUT2D eigenvalue weighted by Gasteiger charge is 2.20. The van der Waals surface area contributed by atoms with E-state index >= 15 is 0 Å². The predicted octanol–water partition coefficient (Wildman–Crippen LogP) is 2.39. The zero-order valence-corrected chi connectivity index (χ0v) is 9.06. The standard InChI is InChI=1S/C10H12N3S/c1-10(2,3)8-7-6(4-5-12-8)9(11)13-14-7/h4-5H,1H2,2-3H3,(H2,11,13). The summed E-state index contributed by atoms with van der Waals surface area (Å²) in [6, 6.07) is 1.89. The Morgan fingerprint density at radius 1 is 1.50 bits per heavy atom. The van der Waals surface area contributed by atoms with Crippen molar-refractivity contribution in [1.82, 2.24) is 9.36 Å². The van der Waals surface area contributed by atoms with Gasteiger partial charge in [-0.2, -0.15) is 4.37 Å². The van der Waals surface area contributed by atoms with Gasteiger partial charge in [0.1, 0.15) is 5.82 Å². The second-order valence-corrected chi connectivity index (χ2v) is 4.76. The van der Waals surface area contributed by atoms with E-state index in [0.29, 0.717) is 5.82 Å². The van der Waals surface area contributed by atoms with Crippen molar-refractivity contribution in [3.05, 3.63) is 24.9 Å². The first kappa shape index (κ1) is 9.40. The van der Waals surface area contributed by atoms with E-state index in [2.05, 4.69) is 16.3 Å². The highest BCUT2D eigenvalue weighted by Crippen LogP contribution is 2.32. The van der Waals surface area contributed by atoms with Crippen LogP contribution in [-0.4, -0.2) is 9.36 Å². The highest BCUT2D eigenvalue weighted by atomic mass is 32.1. The number of aromatic nitrogens is 2. The topological polar surface area (TPSA) is 51.8 Å². The Balaban J connectivity index is 2.79. The molecule has 3 nitrogen and oxygen atoms in total. The third-order valence-electron chi connectivity index (χ3n) is 2.06. The lowest BCUT2D eigenvalue weighted by atomic mass is 9.91. The number of pyridine rings is 1. The normalized spacial score (nSPS) is 12.2. The lowest BCUT2D eigenvalue weighted by molar-refractivity contribution is 0.648. The highest BCUT2D eigenvalue weighted by molar-refractivity contribution is 7.14. The molecule has 14 heavy (non-hydrogen) atoms. The van der Waals surface area contributed by atoms with Crippen molar-refractivity contribution in [3.63, 3.8) is 0 Å². The molecule has 2 aromatic rings. The van der Waals surface area contributed by atoms with Gasteiger partial charge in [-0.1, -0.05) is 13.8 Å². The zero-order chi connectivity index (χ0) is 10.3. The summed E-state index contributed by atoms with van der Waals surface area (Å²) in [6.45, 7) is 8.14. The SMILES string of the molecule is [CH2]C(C)(C)c1nccc2c(N)nsc12. The summed E-state index contributed by atoms with van der Waals surface area (Å²) in [5.41, 5.74) is 6.49. The van der Waals surface area contributed by atoms with Gasteiger partial charge in [-0.05, 0) is 24.5 Å². The monoisotopic (exact) mass is 206 g/mol. The lowest BCUT2D eigenvalue weighted by Gasteiger charge is -2.17. The first-order valence-corrected chi connectivity index (χ1v) is 5.13. The molecule has 0 aliphatic carbocycles. The molecule has 0 saturated heterocycles. The maximum atomic E-state index is 5.74. The summed E-state index contributed by atoms with van der Waals surface area (Å²) in [4.78, 5) is 4.34. The molecule has 0 bridgehead atoms. The number of hydrogen-bond donors (Lipinski definition) is 1. The van der Waals surface area contributed by atoms with E-state index in [0.717, 1.165) is 15.8 Å². The average Bonchev–Trinajstić information content (AvgIpc) is 2.46. The van der Waals surface area contributed by atoms with Gasteiger partial charge < -0.3 is 5.73 Å². The molecule has 4 heteroatoms. The van der Waals surface area contributed by atoms with Crippen LogP contribution in [0.1, 0.15) is 19.5 Å². The Morgan fingerprint density at radius 2 is 2.21 bits per heavy atom. The van der Waals surface area contributed by atoms with Crippen LogP contribution in [0.4, 0.5) is 5.82 Å². The van der Waals surface area contributed by atoms with Crippen LogP contribution in [0.15, 0.2) is 12.3 Å². The van der Waals surface area contributed by atoms with Gasteiger partial charge in [0.2, 0.25) is 0 Å². The summed E-state index contributed by atoms with van der Waals surface area (Å²) in [7, 11) is 0. The molecule has 2 aromatic heterocycles. The molecule has 0 aliphatic rings. The molecule has 0 aromatic carbocycles. The van der Waals surface area contributed by atoms with Gasteiger partial charge in [-0.3, -0.25) is 4.98 Å². The third kappa shape index (κ3) is 1.35. The van der Waals surface area contributed by atoms with E-state index in [1.165, 1.54) is 11.5 Å². The molecule has 1 radical (unpaired) electrons. The number of hydrogen-bond acceptors (Lipinski definition) is 4. The number of nitrogen functional groups attached to an aromatic ring is 1. The molecule has 73 valence electrons. The van der Waals surface area contributed by atoms with Crippen LogP contribution in [-0.2, 0) is 5.41 Å². The molecule has 2 heterocycles. The molecule has 0 atom stereocenters. The van der Waals surface area contributed by atoms with Crippen molar-refractivity contribution in [1.29, 1.82) is 0 Å². The summed E-state index contributed by atoms with van der Waals surface area (Å²) >= 11 is 1.39. The van der Waals surface area contributed by atoms with Gasteiger partial charge >= 0.3 is 0 Å². The van der Waals surface area contributed by atoms with Crippen LogP contribution in [0.2, 0.25) is 0 Å². The van der Waals surface area contributed by atoms with Gasteiger partial charge in [-0.15, -0.1) is 0 Å². The summed E-state index contributed by atoms with van der Waals surface area (Å²) in [6.07, 6.45) is 1.76. The number of nitrogens with zero attached hydrogens (tertiary/aromatic N) is 2. The van der Waals surface area contributed by atoms with Crippen LogP contribution in [0.25, 0.3) is 10.1 Å². The fourth-order valence-electron chi connectivity index (χ4n) is 1.37. The van der Waals surface area contributed by atoms with Crippen LogP contribution in [0.3, 0.4) is 0 Å². The van der Waals surface area contributed by atoms with Crippen LogP contribution in [0.5, 0.6) is 0 Å². The van der Waals surface area contributed by atoms with Crippen molar-refractivity contribution in [2.75, 3.05) is 5.73 Å². The molecule has 2 rings (SSSR count). The molecule has 0 fully saturated rings. The Hall–Kier alpha value is -1.16. The number of nitrogens with two attached hydrogens (primary N) is 1. The molecule has 0 spiro atoms. The van der Waals surface area contributed by atoms with E-state index in [1.807, 2.05) is 19.9 Å². The fourth-order valence-corrected chi connectivity index (χ4v) is 2.34. The van der Waals surface area contributed by atoms with Gasteiger partial charge in [0.15, 0.2) is 0 Å². The first-order valence-electron chi connectivity index (χ1n) is 4.36. The summed E-state index contributed by atoms with van der Waals surface area (Å²) in [5.74, 6) is 0.581. The fraction of sp³-hybridized carbons (Fsp3) is 0.300. The molecule has 0 amide bonds. The quantitative estimate of drug-likeness (QED) is 0.779. The Morgan fingerprint density at radius 3 is 2.86 bits per heavy atom. The molecule has 0 aliphatic heterocycles. The Kier molecular flexibility index (Phi) is 1.96. The minimum Gasteiger partial charge on any atom is -0.382 e. The van der Waals surface area contributed by atoms with Crippen LogP contribution >= 0.6 is 11.5 Å². The lowest BCUT2D eigenvalue weighted by Crippen LogP contribution is -2.13. The van der Waals surface area contributed by atoms with Gasteiger partial charge in [-0.25, -0.2) is 0 Å². The second-order valence-electron chi connectivity index (χ2n) is 3.99. The minimum absolute atomic E-state index is 0.210.